The van der Waals surface area contributed by atoms with Gasteiger partial charge in [0.1, 0.15) is 11.6 Å². The second-order valence-electron chi connectivity index (χ2n) is 6.40. The number of nitro benzene ring substituents is 1. The topological polar surface area (TPSA) is 96.0 Å². The van der Waals surface area contributed by atoms with Gasteiger partial charge in [-0.05, 0) is 41.3 Å². The Hall–Kier alpha value is -3.76. The highest BCUT2D eigenvalue weighted by molar-refractivity contribution is 9.10. The summed E-state index contributed by atoms with van der Waals surface area (Å²) in [6.45, 7) is 0. The molecule has 0 aromatic heterocycles. The van der Waals surface area contributed by atoms with Gasteiger partial charge in [-0.2, -0.15) is 5.26 Å². The van der Waals surface area contributed by atoms with Gasteiger partial charge in [-0.25, -0.2) is 0 Å². The van der Waals surface area contributed by atoms with Crippen molar-refractivity contribution >= 4 is 39.3 Å². The third-order valence-electron chi connectivity index (χ3n) is 4.37. The molecule has 0 bridgehead atoms. The average molecular weight is 462 g/mol. The SMILES string of the molecule is N#C/C(=C\c1ccccc1Cc1ccccc1Br)C(=O)Nc1cccc([N+](=O)[O-])c1. The Morgan fingerprint density at radius 2 is 1.77 bits per heavy atom. The summed E-state index contributed by atoms with van der Waals surface area (Å²) in [6, 6.07) is 22.9. The number of hydrogen-bond donors (Lipinski definition) is 1. The van der Waals surface area contributed by atoms with Crippen LogP contribution in [0.1, 0.15) is 16.7 Å². The molecule has 0 atom stereocenters. The summed E-state index contributed by atoms with van der Waals surface area (Å²) in [5.41, 5.74) is 2.80. The summed E-state index contributed by atoms with van der Waals surface area (Å²) < 4.78 is 0.979. The second-order valence-corrected chi connectivity index (χ2v) is 7.25. The molecule has 0 radical (unpaired) electrons. The molecule has 0 spiro atoms. The van der Waals surface area contributed by atoms with Gasteiger partial charge in [0.05, 0.1) is 4.92 Å². The van der Waals surface area contributed by atoms with E-state index in [9.17, 15) is 20.2 Å². The van der Waals surface area contributed by atoms with Crippen molar-refractivity contribution in [3.05, 3.63) is 110 Å². The van der Waals surface area contributed by atoms with Gasteiger partial charge in [-0.3, -0.25) is 14.9 Å². The van der Waals surface area contributed by atoms with Gasteiger partial charge < -0.3 is 5.32 Å². The van der Waals surface area contributed by atoms with Crippen LogP contribution in [-0.2, 0) is 11.2 Å². The van der Waals surface area contributed by atoms with Crippen LogP contribution in [0.5, 0.6) is 0 Å². The second kappa shape index (κ2) is 9.63. The van der Waals surface area contributed by atoms with Gasteiger partial charge in [-0.1, -0.05) is 64.5 Å². The molecule has 0 saturated carbocycles. The Labute approximate surface area is 181 Å². The van der Waals surface area contributed by atoms with E-state index < -0.39 is 10.8 Å². The van der Waals surface area contributed by atoms with Gasteiger partial charge >= 0.3 is 0 Å². The van der Waals surface area contributed by atoms with Crippen LogP contribution in [0.2, 0.25) is 0 Å². The molecule has 3 aromatic rings. The normalized spacial score (nSPS) is 10.9. The molecule has 6 nitrogen and oxygen atoms in total. The van der Waals surface area contributed by atoms with Crippen molar-refractivity contribution in [3.63, 3.8) is 0 Å². The number of carbonyl (C=O) groups excluding carboxylic acids is 1. The van der Waals surface area contributed by atoms with E-state index in [2.05, 4.69) is 21.2 Å². The number of amides is 1. The van der Waals surface area contributed by atoms with Gasteiger partial charge in [0.15, 0.2) is 0 Å². The molecule has 1 N–H and O–H groups in total. The molecule has 0 saturated heterocycles. The van der Waals surface area contributed by atoms with Crippen LogP contribution in [-0.4, -0.2) is 10.8 Å². The van der Waals surface area contributed by atoms with Crippen LogP contribution in [0.4, 0.5) is 11.4 Å². The van der Waals surface area contributed by atoms with E-state index in [0.29, 0.717) is 6.42 Å². The lowest BCUT2D eigenvalue weighted by atomic mass is 9.98. The molecule has 1 amide bonds. The lowest BCUT2D eigenvalue weighted by Crippen LogP contribution is -2.13. The number of anilines is 1. The van der Waals surface area contributed by atoms with Crippen molar-refractivity contribution in [3.8, 4) is 6.07 Å². The number of nitrogens with one attached hydrogen (secondary N) is 1. The predicted molar refractivity (Wildman–Crippen MR) is 119 cm³/mol. The summed E-state index contributed by atoms with van der Waals surface area (Å²) in [4.78, 5) is 22.9. The zero-order valence-electron chi connectivity index (χ0n) is 15.7. The van der Waals surface area contributed by atoms with E-state index in [-0.39, 0.29) is 16.9 Å². The molecule has 0 aliphatic heterocycles. The Morgan fingerprint density at radius 3 is 2.47 bits per heavy atom. The molecule has 0 unspecified atom stereocenters. The maximum atomic E-state index is 12.6. The largest absolute Gasteiger partial charge is 0.321 e. The number of nitro groups is 1. The molecule has 0 fully saturated rings. The minimum atomic E-state index is -0.631. The van der Waals surface area contributed by atoms with E-state index in [1.54, 1.807) is 0 Å². The lowest BCUT2D eigenvalue weighted by Gasteiger charge is -2.09. The minimum Gasteiger partial charge on any atom is -0.321 e. The minimum absolute atomic E-state index is 0.0962. The molecule has 3 rings (SSSR count). The summed E-state index contributed by atoms with van der Waals surface area (Å²) in [5.74, 6) is -0.631. The quantitative estimate of drug-likeness (QED) is 0.227. The van der Waals surface area contributed by atoms with Gasteiger partial charge in [0.2, 0.25) is 0 Å². The maximum absolute atomic E-state index is 12.6. The molecular formula is C23H16BrN3O3. The number of rotatable bonds is 6. The summed E-state index contributed by atoms with van der Waals surface area (Å²) >= 11 is 3.54. The van der Waals surface area contributed by atoms with E-state index in [1.807, 2.05) is 54.6 Å². The third kappa shape index (κ3) is 5.19. The van der Waals surface area contributed by atoms with E-state index in [0.717, 1.165) is 21.2 Å². The number of nitrogens with zero attached hydrogens (tertiary/aromatic N) is 2. The average Bonchev–Trinajstić information content (AvgIpc) is 2.74. The molecule has 30 heavy (non-hydrogen) atoms. The number of halogens is 1. The Kier molecular flexibility index (Phi) is 6.73. The first-order valence-corrected chi connectivity index (χ1v) is 9.76. The predicted octanol–water partition coefficient (Wildman–Crippen LogP) is 5.49. The van der Waals surface area contributed by atoms with Crippen LogP contribution in [0, 0.1) is 21.4 Å². The van der Waals surface area contributed by atoms with Gasteiger partial charge in [-0.15, -0.1) is 0 Å². The van der Waals surface area contributed by atoms with Crippen molar-refractivity contribution in [1.82, 2.24) is 0 Å². The fourth-order valence-corrected chi connectivity index (χ4v) is 3.31. The Balaban J connectivity index is 1.87. The monoisotopic (exact) mass is 461 g/mol. The molecule has 148 valence electrons. The van der Waals surface area contributed by atoms with Gasteiger partial charge in [0, 0.05) is 22.3 Å². The van der Waals surface area contributed by atoms with Crippen molar-refractivity contribution in [2.24, 2.45) is 0 Å². The Bertz CT molecular complexity index is 1180. The summed E-state index contributed by atoms with van der Waals surface area (Å²) in [7, 11) is 0. The fourth-order valence-electron chi connectivity index (χ4n) is 2.88. The summed E-state index contributed by atoms with van der Waals surface area (Å²) in [6.07, 6.45) is 2.15. The van der Waals surface area contributed by atoms with Crippen LogP contribution in [0.25, 0.3) is 6.08 Å². The van der Waals surface area contributed by atoms with Crippen LogP contribution in [0.3, 0.4) is 0 Å². The maximum Gasteiger partial charge on any atom is 0.271 e. The van der Waals surface area contributed by atoms with E-state index in [1.165, 1.54) is 30.3 Å². The number of hydrogen-bond acceptors (Lipinski definition) is 4. The first-order chi connectivity index (χ1) is 14.5. The van der Waals surface area contributed by atoms with E-state index in [4.69, 9.17) is 0 Å². The molecule has 3 aromatic carbocycles. The number of non-ortho nitro benzene ring substituents is 1. The standard InChI is InChI=1S/C23H16BrN3O3/c24-22-11-4-3-8-18(22)12-16-6-1-2-7-17(16)13-19(15-25)23(28)26-20-9-5-10-21(14-20)27(29)30/h1-11,13-14H,12H2,(H,26,28)/b19-13+. The number of benzene rings is 3. The van der Waals surface area contributed by atoms with Crippen molar-refractivity contribution in [2.45, 2.75) is 6.42 Å². The van der Waals surface area contributed by atoms with Crippen LogP contribution in [0.15, 0.2) is 82.8 Å². The zero-order chi connectivity index (χ0) is 21.5. The van der Waals surface area contributed by atoms with Crippen LogP contribution < -0.4 is 5.32 Å². The van der Waals surface area contributed by atoms with Crippen molar-refractivity contribution in [1.29, 1.82) is 5.26 Å². The molecule has 7 heteroatoms. The third-order valence-corrected chi connectivity index (χ3v) is 5.15. The number of carbonyl (C=O) groups is 1. The summed E-state index contributed by atoms with van der Waals surface area (Å²) in [5, 5.41) is 23.0. The zero-order valence-corrected chi connectivity index (χ0v) is 17.3. The highest BCUT2D eigenvalue weighted by atomic mass is 79.9. The van der Waals surface area contributed by atoms with Gasteiger partial charge in [0.25, 0.3) is 11.6 Å². The first-order valence-electron chi connectivity index (χ1n) is 8.97. The van der Waals surface area contributed by atoms with Crippen molar-refractivity contribution < 1.29 is 9.72 Å². The molecule has 0 aliphatic carbocycles. The Morgan fingerprint density at radius 1 is 1.07 bits per heavy atom. The number of nitriles is 1. The smallest absolute Gasteiger partial charge is 0.271 e. The highest BCUT2D eigenvalue weighted by Crippen LogP contribution is 2.23. The molecule has 0 aliphatic rings. The van der Waals surface area contributed by atoms with E-state index >= 15 is 0 Å². The fraction of sp³-hybridized carbons (Fsp3) is 0.0435. The molecule has 0 heterocycles. The van der Waals surface area contributed by atoms with Crippen molar-refractivity contribution in [2.75, 3.05) is 5.32 Å². The lowest BCUT2D eigenvalue weighted by molar-refractivity contribution is -0.384. The first kappa shape index (κ1) is 21.0. The molecular weight excluding hydrogens is 446 g/mol. The van der Waals surface area contributed by atoms with Crippen LogP contribution >= 0.6 is 15.9 Å². The highest BCUT2D eigenvalue weighted by Gasteiger charge is 2.13.